The molecular formula is C23H35N3O2. The summed E-state index contributed by atoms with van der Waals surface area (Å²) in [5.74, 6) is 0.937. The van der Waals surface area contributed by atoms with E-state index in [2.05, 4.69) is 66.6 Å². The molecule has 0 aromatic heterocycles. The van der Waals surface area contributed by atoms with Crippen LogP contribution in [0.4, 0.5) is 0 Å². The normalized spacial score (nSPS) is 19.6. The highest BCUT2D eigenvalue weighted by molar-refractivity contribution is 5.69. The van der Waals surface area contributed by atoms with E-state index in [1.54, 1.807) is 6.26 Å². The van der Waals surface area contributed by atoms with E-state index in [4.69, 9.17) is 9.47 Å². The molecule has 2 aliphatic heterocycles. The number of hydrazine groups is 1. The van der Waals surface area contributed by atoms with Gasteiger partial charge in [0.25, 0.3) is 0 Å². The minimum Gasteiger partial charge on any atom is -0.462 e. The van der Waals surface area contributed by atoms with Crippen LogP contribution in [0.2, 0.25) is 0 Å². The van der Waals surface area contributed by atoms with Crippen LogP contribution in [0.15, 0.2) is 47.9 Å². The Morgan fingerprint density at radius 2 is 1.93 bits per heavy atom. The molecule has 0 saturated carbocycles. The molecule has 1 atom stereocenters. The third kappa shape index (κ3) is 5.30. The Balaban J connectivity index is 1.80. The number of hydrogen-bond acceptors (Lipinski definition) is 5. The smallest absolute Gasteiger partial charge is 0.229 e. The van der Waals surface area contributed by atoms with Crippen molar-refractivity contribution in [1.82, 2.24) is 15.3 Å². The number of rotatable bonds is 11. The van der Waals surface area contributed by atoms with Crippen LogP contribution in [0.3, 0.4) is 0 Å². The topological polar surface area (TPSA) is 37.0 Å². The van der Waals surface area contributed by atoms with Gasteiger partial charge in [0.15, 0.2) is 0 Å². The van der Waals surface area contributed by atoms with Gasteiger partial charge in [-0.15, -0.1) is 0 Å². The van der Waals surface area contributed by atoms with Gasteiger partial charge in [-0.1, -0.05) is 57.0 Å². The molecule has 0 saturated heterocycles. The molecule has 0 fully saturated rings. The highest BCUT2D eigenvalue weighted by atomic mass is 16.7. The second-order valence-corrected chi connectivity index (χ2v) is 7.71. The molecule has 1 unspecified atom stereocenters. The molecule has 1 aromatic carbocycles. The molecular weight excluding hydrogens is 350 g/mol. The summed E-state index contributed by atoms with van der Waals surface area (Å²) in [6.07, 6.45) is 7.71. The van der Waals surface area contributed by atoms with Crippen molar-refractivity contribution < 1.29 is 9.47 Å². The van der Waals surface area contributed by atoms with Gasteiger partial charge in [-0.2, -0.15) is 0 Å². The van der Waals surface area contributed by atoms with Crippen LogP contribution >= 0.6 is 0 Å². The van der Waals surface area contributed by atoms with Crippen LogP contribution in [-0.4, -0.2) is 49.4 Å². The van der Waals surface area contributed by atoms with Gasteiger partial charge in [0.05, 0.1) is 18.3 Å². The maximum absolute atomic E-state index is 5.59. The third-order valence-electron chi connectivity index (χ3n) is 5.51. The van der Waals surface area contributed by atoms with E-state index in [9.17, 15) is 0 Å². The van der Waals surface area contributed by atoms with E-state index in [1.165, 1.54) is 42.5 Å². The Hall–Kier alpha value is -1.98. The standard InChI is InChI=1S/C23H35N3O2/c1-4-6-13-21-22(25(3)24-23(21)19-11-9-8-10-12-19)16-26(14-7-5-2)15-20-17-27-18-28-20/h8-12,17,22,24H,4-7,13-16,18H2,1-3H3. The molecule has 2 heterocycles. The van der Waals surface area contributed by atoms with Crippen molar-refractivity contribution in [1.29, 1.82) is 0 Å². The monoisotopic (exact) mass is 385 g/mol. The number of benzene rings is 1. The van der Waals surface area contributed by atoms with Crippen LogP contribution in [0, 0.1) is 0 Å². The summed E-state index contributed by atoms with van der Waals surface area (Å²) in [6, 6.07) is 11.1. The van der Waals surface area contributed by atoms with Gasteiger partial charge >= 0.3 is 0 Å². The quantitative estimate of drug-likeness (QED) is 0.613. The van der Waals surface area contributed by atoms with E-state index < -0.39 is 0 Å². The summed E-state index contributed by atoms with van der Waals surface area (Å²) in [5, 5.41) is 2.28. The highest BCUT2D eigenvalue weighted by Gasteiger charge is 2.32. The van der Waals surface area contributed by atoms with Crippen LogP contribution in [-0.2, 0) is 9.47 Å². The fraction of sp³-hybridized carbons (Fsp3) is 0.565. The van der Waals surface area contributed by atoms with Crippen molar-refractivity contribution in [3.8, 4) is 0 Å². The molecule has 0 spiro atoms. The summed E-state index contributed by atoms with van der Waals surface area (Å²) in [6.45, 7) is 7.73. The number of ether oxygens (including phenoxy) is 2. The summed E-state index contributed by atoms with van der Waals surface area (Å²) in [7, 11) is 2.17. The Kier molecular flexibility index (Phi) is 7.80. The van der Waals surface area contributed by atoms with Crippen molar-refractivity contribution in [2.75, 3.05) is 33.5 Å². The largest absolute Gasteiger partial charge is 0.462 e. The minimum atomic E-state index is 0.349. The van der Waals surface area contributed by atoms with Crippen LogP contribution in [0.25, 0.3) is 5.70 Å². The molecule has 0 amide bonds. The molecule has 0 aliphatic carbocycles. The van der Waals surface area contributed by atoms with Gasteiger partial charge in [0.2, 0.25) is 6.79 Å². The second-order valence-electron chi connectivity index (χ2n) is 7.71. The van der Waals surface area contributed by atoms with Gasteiger partial charge in [-0.25, -0.2) is 5.01 Å². The maximum atomic E-state index is 5.59. The summed E-state index contributed by atoms with van der Waals surface area (Å²) >= 11 is 0. The lowest BCUT2D eigenvalue weighted by Crippen LogP contribution is -2.44. The maximum Gasteiger partial charge on any atom is 0.229 e. The van der Waals surface area contributed by atoms with E-state index >= 15 is 0 Å². The number of nitrogens with one attached hydrogen (secondary N) is 1. The average molecular weight is 386 g/mol. The van der Waals surface area contributed by atoms with Crippen molar-refractivity contribution in [2.24, 2.45) is 0 Å². The van der Waals surface area contributed by atoms with Gasteiger partial charge in [0.1, 0.15) is 12.0 Å². The second kappa shape index (κ2) is 10.5. The molecule has 1 aromatic rings. The molecule has 5 heteroatoms. The highest BCUT2D eigenvalue weighted by Crippen LogP contribution is 2.31. The van der Waals surface area contributed by atoms with Gasteiger partial charge < -0.3 is 14.9 Å². The van der Waals surface area contributed by atoms with E-state index in [1.807, 2.05) is 0 Å². The summed E-state index contributed by atoms with van der Waals surface area (Å²) in [4.78, 5) is 2.51. The fourth-order valence-corrected chi connectivity index (χ4v) is 3.91. The average Bonchev–Trinajstić information content (AvgIpc) is 3.33. The molecule has 2 aliphatic rings. The molecule has 154 valence electrons. The third-order valence-corrected chi connectivity index (χ3v) is 5.51. The summed E-state index contributed by atoms with van der Waals surface area (Å²) < 4.78 is 10.9. The van der Waals surface area contributed by atoms with E-state index in [-0.39, 0.29) is 0 Å². The predicted molar refractivity (Wildman–Crippen MR) is 114 cm³/mol. The Labute approximate surface area is 170 Å². The van der Waals surface area contributed by atoms with Crippen molar-refractivity contribution >= 4 is 5.70 Å². The molecule has 0 radical (unpaired) electrons. The number of likely N-dealkylation sites (N-methyl/N-ethyl adjacent to an activating group) is 1. The van der Waals surface area contributed by atoms with Crippen LogP contribution in [0.1, 0.15) is 51.5 Å². The lowest BCUT2D eigenvalue weighted by molar-refractivity contribution is 0.0700. The van der Waals surface area contributed by atoms with Crippen LogP contribution < -0.4 is 5.43 Å². The Bertz CT molecular complexity index is 672. The minimum absolute atomic E-state index is 0.349. The predicted octanol–water partition coefficient (Wildman–Crippen LogP) is 4.35. The Morgan fingerprint density at radius 3 is 2.61 bits per heavy atom. The first-order valence-electron chi connectivity index (χ1n) is 10.7. The lowest BCUT2D eigenvalue weighted by Gasteiger charge is -2.30. The van der Waals surface area contributed by atoms with Gasteiger partial charge in [-0.3, -0.25) is 4.90 Å². The van der Waals surface area contributed by atoms with Crippen LogP contribution in [0.5, 0.6) is 0 Å². The van der Waals surface area contributed by atoms with Crippen molar-refractivity contribution in [3.05, 3.63) is 53.5 Å². The van der Waals surface area contributed by atoms with E-state index in [0.717, 1.165) is 31.8 Å². The number of unbranched alkanes of at least 4 members (excludes halogenated alkanes) is 2. The number of nitrogens with zero attached hydrogens (tertiary/aromatic N) is 2. The first-order valence-corrected chi connectivity index (χ1v) is 10.7. The first-order chi connectivity index (χ1) is 13.7. The SMILES string of the molecule is CCCCC1=C(c2ccccc2)NN(C)C1CN(CCCC)CC1=COCO1. The molecule has 28 heavy (non-hydrogen) atoms. The fourth-order valence-electron chi connectivity index (χ4n) is 3.91. The lowest BCUT2D eigenvalue weighted by atomic mass is 9.96. The molecule has 3 rings (SSSR count). The van der Waals surface area contributed by atoms with Crippen molar-refractivity contribution in [3.63, 3.8) is 0 Å². The molecule has 1 N–H and O–H groups in total. The zero-order valence-corrected chi connectivity index (χ0v) is 17.6. The van der Waals surface area contributed by atoms with Crippen molar-refractivity contribution in [2.45, 2.75) is 52.0 Å². The number of hydrogen-bond donors (Lipinski definition) is 1. The van der Waals surface area contributed by atoms with Gasteiger partial charge in [-0.05, 0) is 36.9 Å². The zero-order chi connectivity index (χ0) is 19.8. The first kappa shape index (κ1) is 20.7. The summed E-state index contributed by atoms with van der Waals surface area (Å²) in [5.41, 5.74) is 7.74. The Morgan fingerprint density at radius 1 is 1.14 bits per heavy atom. The molecule has 5 nitrogen and oxygen atoms in total. The molecule has 0 bridgehead atoms. The van der Waals surface area contributed by atoms with Gasteiger partial charge in [0, 0.05) is 13.6 Å². The zero-order valence-electron chi connectivity index (χ0n) is 17.6. The van der Waals surface area contributed by atoms with E-state index in [0.29, 0.717) is 12.8 Å².